The number of hydrogen-bond donors (Lipinski definition) is 1. The third-order valence-corrected chi connectivity index (χ3v) is 5.22. The van der Waals surface area contributed by atoms with Crippen LogP contribution in [0.25, 0.3) is 0 Å². The summed E-state index contributed by atoms with van der Waals surface area (Å²) in [7, 11) is 0. The number of nitrogens with one attached hydrogen (secondary N) is 3. The Balaban J connectivity index is 1.84. The van der Waals surface area contributed by atoms with Crippen LogP contribution in [0.5, 0.6) is 0 Å². The van der Waals surface area contributed by atoms with Crippen molar-refractivity contribution < 1.29 is 18.0 Å². The molecule has 2 atom stereocenters. The monoisotopic (exact) mass is 405 g/mol. The lowest BCUT2D eigenvalue weighted by molar-refractivity contribution is -0.138. The smallest absolute Gasteiger partial charge is 0.370 e. The Labute approximate surface area is 166 Å². The summed E-state index contributed by atoms with van der Waals surface area (Å²) in [5.74, 6) is -0.514. The summed E-state index contributed by atoms with van der Waals surface area (Å²) in [6.07, 6.45) is 0.523. The Morgan fingerprint density at radius 1 is 1.21 bits per heavy atom. The van der Waals surface area contributed by atoms with Gasteiger partial charge in [-0.3, -0.25) is 16.3 Å². The highest BCUT2D eigenvalue weighted by Gasteiger charge is 2.37. The molecule has 3 N–H and O–H groups in total. The summed E-state index contributed by atoms with van der Waals surface area (Å²) < 4.78 is 40.3. The van der Waals surface area contributed by atoms with Crippen LogP contribution in [0.2, 0.25) is 0 Å². The number of anilines is 1. The van der Waals surface area contributed by atoms with Crippen molar-refractivity contribution in [2.24, 2.45) is 11.8 Å². The molecule has 0 spiro atoms. The molecule has 1 aliphatic carbocycles. The third-order valence-electron chi connectivity index (χ3n) is 5.22. The highest BCUT2D eigenvalue weighted by atomic mass is 19.4. The van der Waals surface area contributed by atoms with Gasteiger partial charge >= 0.3 is 6.18 Å². The van der Waals surface area contributed by atoms with Gasteiger partial charge in [0.15, 0.2) is 5.82 Å². The maximum Gasteiger partial charge on any atom is 0.418 e. The Bertz CT molecular complexity index is 871. The SMILES string of the molecule is [NH]CC1CCCC(CNc2ccc(C(F)(F)F)c(C(=O)c3cccnc3[NH])n2)C1. The number of halogens is 3. The van der Waals surface area contributed by atoms with E-state index in [1.807, 2.05) is 0 Å². The van der Waals surface area contributed by atoms with E-state index in [-0.39, 0.29) is 11.4 Å². The van der Waals surface area contributed by atoms with E-state index in [0.29, 0.717) is 24.9 Å². The molecule has 0 aromatic carbocycles. The number of nitrogens with zero attached hydrogens (tertiary/aromatic N) is 2. The predicted octanol–water partition coefficient (Wildman–Crippen LogP) is 4.14. The van der Waals surface area contributed by atoms with E-state index in [9.17, 15) is 18.0 Å². The maximum absolute atomic E-state index is 13.4. The van der Waals surface area contributed by atoms with Crippen LogP contribution in [0.15, 0.2) is 30.5 Å². The van der Waals surface area contributed by atoms with Crippen LogP contribution in [0.4, 0.5) is 24.8 Å². The number of alkyl halides is 3. The molecule has 1 aliphatic rings. The fourth-order valence-corrected chi connectivity index (χ4v) is 3.70. The Hall–Kier alpha value is -2.68. The van der Waals surface area contributed by atoms with Gasteiger partial charge in [0, 0.05) is 19.3 Å². The molecule has 0 amide bonds. The van der Waals surface area contributed by atoms with Gasteiger partial charge in [-0.05, 0) is 55.4 Å². The zero-order valence-electron chi connectivity index (χ0n) is 15.7. The molecule has 29 heavy (non-hydrogen) atoms. The number of hydrogen-bond acceptors (Lipinski definition) is 4. The number of rotatable bonds is 6. The van der Waals surface area contributed by atoms with Gasteiger partial charge in [0.2, 0.25) is 5.78 Å². The minimum atomic E-state index is -4.74. The summed E-state index contributed by atoms with van der Waals surface area (Å²) in [4.78, 5) is 20.3. The average molecular weight is 405 g/mol. The lowest BCUT2D eigenvalue weighted by atomic mass is 9.81. The van der Waals surface area contributed by atoms with Crippen LogP contribution < -0.4 is 16.8 Å². The van der Waals surface area contributed by atoms with Gasteiger partial charge in [0.25, 0.3) is 0 Å². The Kier molecular flexibility index (Phi) is 6.36. The van der Waals surface area contributed by atoms with Gasteiger partial charge in [-0.2, -0.15) is 13.2 Å². The molecule has 6 nitrogen and oxygen atoms in total. The molecule has 0 aliphatic heterocycles. The first-order chi connectivity index (χ1) is 13.8. The third kappa shape index (κ3) is 5.03. The van der Waals surface area contributed by atoms with E-state index in [4.69, 9.17) is 11.5 Å². The predicted molar refractivity (Wildman–Crippen MR) is 102 cm³/mol. The molecule has 2 radical (unpaired) electrons. The lowest BCUT2D eigenvalue weighted by Crippen LogP contribution is -2.25. The second kappa shape index (κ2) is 8.77. The van der Waals surface area contributed by atoms with Crippen molar-refractivity contribution >= 4 is 17.4 Å². The zero-order valence-corrected chi connectivity index (χ0v) is 15.7. The number of aromatic nitrogens is 2. The van der Waals surface area contributed by atoms with Crippen molar-refractivity contribution in [2.45, 2.75) is 31.9 Å². The molecular formula is C20H22F3N5O. The van der Waals surface area contributed by atoms with Crippen molar-refractivity contribution in [1.82, 2.24) is 21.4 Å². The summed E-state index contributed by atoms with van der Waals surface area (Å²) in [5, 5.41) is 3.04. The molecule has 3 rings (SSSR count). The van der Waals surface area contributed by atoms with Gasteiger partial charge in [0.1, 0.15) is 11.5 Å². The molecule has 2 aromatic heterocycles. The summed E-state index contributed by atoms with van der Waals surface area (Å²) in [6.45, 7) is 0.910. The van der Waals surface area contributed by atoms with Crippen molar-refractivity contribution in [3.8, 4) is 0 Å². The molecule has 0 saturated heterocycles. The minimum absolute atomic E-state index is 0.185. The van der Waals surface area contributed by atoms with E-state index >= 15 is 0 Å². The van der Waals surface area contributed by atoms with Crippen LogP contribution in [0, 0.1) is 11.8 Å². The van der Waals surface area contributed by atoms with Crippen LogP contribution in [-0.2, 0) is 6.18 Å². The van der Waals surface area contributed by atoms with Gasteiger partial charge in [-0.1, -0.05) is 6.42 Å². The van der Waals surface area contributed by atoms with E-state index in [1.54, 1.807) is 0 Å². The molecule has 1 fully saturated rings. The van der Waals surface area contributed by atoms with Crippen LogP contribution in [0.1, 0.15) is 47.3 Å². The summed E-state index contributed by atoms with van der Waals surface area (Å²) in [5.41, 5.74) is 13.1. The zero-order chi connectivity index (χ0) is 21.0. The van der Waals surface area contributed by atoms with Crippen molar-refractivity contribution in [3.63, 3.8) is 0 Å². The topological polar surface area (TPSA) is 102 Å². The van der Waals surface area contributed by atoms with Crippen molar-refractivity contribution in [2.75, 3.05) is 18.4 Å². The van der Waals surface area contributed by atoms with Crippen LogP contribution >= 0.6 is 0 Å². The molecule has 0 bridgehead atoms. The first kappa shape index (κ1) is 21.0. The van der Waals surface area contributed by atoms with Gasteiger partial charge in [-0.25, -0.2) is 9.97 Å². The molecule has 9 heteroatoms. The molecule has 1 saturated carbocycles. The van der Waals surface area contributed by atoms with Crippen LogP contribution in [0.3, 0.4) is 0 Å². The molecular weight excluding hydrogens is 383 g/mol. The van der Waals surface area contributed by atoms with E-state index in [0.717, 1.165) is 31.7 Å². The maximum atomic E-state index is 13.4. The lowest BCUT2D eigenvalue weighted by Gasteiger charge is -2.28. The van der Waals surface area contributed by atoms with Gasteiger partial charge in [0.05, 0.1) is 11.1 Å². The Morgan fingerprint density at radius 2 is 1.97 bits per heavy atom. The van der Waals surface area contributed by atoms with Gasteiger partial charge in [-0.15, -0.1) is 0 Å². The summed E-state index contributed by atoms with van der Waals surface area (Å²) in [6, 6.07) is 4.72. The first-order valence-electron chi connectivity index (χ1n) is 9.47. The molecule has 2 heterocycles. The highest BCUT2D eigenvalue weighted by molar-refractivity contribution is 6.11. The first-order valence-corrected chi connectivity index (χ1v) is 9.47. The largest absolute Gasteiger partial charge is 0.418 e. The van der Waals surface area contributed by atoms with Crippen LogP contribution in [-0.4, -0.2) is 28.8 Å². The molecule has 2 unspecified atom stereocenters. The highest BCUT2D eigenvalue weighted by Crippen LogP contribution is 2.34. The van der Waals surface area contributed by atoms with Crippen molar-refractivity contribution in [1.29, 1.82) is 0 Å². The number of carbonyl (C=O) groups excluding carboxylic acids is 1. The number of pyridine rings is 2. The number of ketones is 1. The molecule has 2 aromatic rings. The minimum Gasteiger partial charge on any atom is -0.370 e. The second-order valence-corrected chi connectivity index (χ2v) is 7.30. The molecule has 154 valence electrons. The van der Waals surface area contributed by atoms with E-state index in [2.05, 4.69) is 15.3 Å². The van der Waals surface area contributed by atoms with E-state index in [1.165, 1.54) is 24.4 Å². The standard InChI is InChI=1S/C20H22F3N5O/c21-20(22,23)15-6-7-16(27-11-13-4-1-3-12(9-13)10-24)28-17(15)18(29)14-5-2-8-26-19(14)25/h2,5-8,12-13,24-25H,1,3-4,9-11H2,(H,27,28). The normalized spacial score (nSPS) is 19.7. The Morgan fingerprint density at radius 3 is 2.66 bits per heavy atom. The quantitative estimate of drug-likeness (QED) is 0.730. The average Bonchev–Trinajstić information content (AvgIpc) is 2.71. The second-order valence-electron chi connectivity index (χ2n) is 7.30. The fraction of sp³-hybridized carbons (Fsp3) is 0.450. The fourth-order valence-electron chi connectivity index (χ4n) is 3.70. The van der Waals surface area contributed by atoms with E-state index < -0.39 is 29.0 Å². The van der Waals surface area contributed by atoms with Gasteiger partial charge < -0.3 is 5.32 Å². The van der Waals surface area contributed by atoms with Crippen molar-refractivity contribution in [3.05, 3.63) is 47.3 Å². The number of carbonyl (C=O) groups is 1. The summed E-state index contributed by atoms with van der Waals surface area (Å²) >= 11 is 0.